The zero-order valence-corrected chi connectivity index (χ0v) is 13.0. The maximum absolute atomic E-state index is 2.38. The minimum absolute atomic E-state index is 0.528. The highest BCUT2D eigenvalue weighted by molar-refractivity contribution is 5.38. The van der Waals surface area contributed by atoms with E-state index in [9.17, 15) is 0 Å². The summed E-state index contributed by atoms with van der Waals surface area (Å²) in [5.41, 5.74) is 2.97. The molecule has 0 fully saturated rings. The van der Waals surface area contributed by atoms with Gasteiger partial charge in [-0.3, -0.25) is 0 Å². The summed E-state index contributed by atoms with van der Waals surface area (Å²) in [6.45, 7) is 12.5. The minimum Gasteiger partial charge on any atom is -0.0873 e. The highest BCUT2D eigenvalue weighted by Gasteiger charge is 2.09. The summed E-state index contributed by atoms with van der Waals surface area (Å²) in [5.74, 6) is 1.16. The van der Waals surface area contributed by atoms with Crippen LogP contribution in [-0.4, -0.2) is 0 Å². The fraction of sp³-hybridized carbons (Fsp3) is 0.556. The molecule has 0 aromatic rings. The van der Waals surface area contributed by atoms with Crippen molar-refractivity contribution >= 4 is 0 Å². The van der Waals surface area contributed by atoms with Crippen LogP contribution in [0.1, 0.15) is 54.4 Å². The van der Waals surface area contributed by atoms with Crippen LogP contribution in [0.5, 0.6) is 0 Å². The van der Waals surface area contributed by atoms with Gasteiger partial charge >= 0.3 is 0 Å². The van der Waals surface area contributed by atoms with Crippen molar-refractivity contribution in [2.24, 2.45) is 11.8 Å². The lowest BCUT2D eigenvalue weighted by Crippen LogP contribution is -1.91. The fourth-order valence-electron chi connectivity index (χ4n) is 1.97. The Labute approximate surface area is 114 Å². The predicted octanol–water partition coefficient (Wildman–Crippen LogP) is 6.08. The SMILES string of the molecule is CC.CC.CC(C)C1=CC2=CC(C=CCC2)C=C1. The Hall–Kier alpha value is -1.04. The lowest BCUT2D eigenvalue weighted by molar-refractivity contribution is 0.788. The summed E-state index contributed by atoms with van der Waals surface area (Å²) >= 11 is 0. The van der Waals surface area contributed by atoms with E-state index in [-0.39, 0.29) is 0 Å². The zero-order valence-electron chi connectivity index (χ0n) is 13.0. The molecule has 0 aromatic carbocycles. The van der Waals surface area contributed by atoms with Gasteiger partial charge in [0.15, 0.2) is 0 Å². The van der Waals surface area contributed by atoms with Crippen molar-refractivity contribution in [2.45, 2.75) is 54.4 Å². The van der Waals surface area contributed by atoms with Gasteiger partial charge in [0.2, 0.25) is 0 Å². The number of hydrogen-bond donors (Lipinski definition) is 0. The zero-order chi connectivity index (χ0) is 14.0. The highest BCUT2D eigenvalue weighted by atomic mass is 14.1. The lowest BCUT2D eigenvalue weighted by atomic mass is 9.99. The van der Waals surface area contributed by atoms with Gasteiger partial charge in [0, 0.05) is 5.92 Å². The van der Waals surface area contributed by atoms with Crippen LogP contribution in [0.3, 0.4) is 0 Å². The molecule has 0 spiro atoms. The van der Waals surface area contributed by atoms with Gasteiger partial charge in [-0.1, -0.05) is 83.6 Å². The van der Waals surface area contributed by atoms with Crippen LogP contribution in [-0.2, 0) is 0 Å². The number of rotatable bonds is 1. The van der Waals surface area contributed by atoms with E-state index in [1.54, 1.807) is 0 Å². The first-order chi connectivity index (χ1) is 8.75. The second-order valence-corrected chi connectivity index (χ2v) is 4.44. The second kappa shape index (κ2) is 9.94. The molecule has 1 unspecified atom stereocenters. The predicted molar refractivity (Wildman–Crippen MR) is 84.7 cm³/mol. The number of allylic oxidation sites excluding steroid dienone is 8. The Morgan fingerprint density at radius 1 is 1.06 bits per heavy atom. The second-order valence-electron chi connectivity index (χ2n) is 4.44. The molecule has 0 radical (unpaired) electrons. The van der Waals surface area contributed by atoms with E-state index in [1.165, 1.54) is 24.0 Å². The molecule has 0 heterocycles. The minimum atomic E-state index is 0.528. The van der Waals surface area contributed by atoms with Crippen molar-refractivity contribution < 1.29 is 0 Å². The van der Waals surface area contributed by atoms with Crippen molar-refractivity contribution in [3.63, 3.8) is 0 Å². The van der Waals surface area contributed by atoms with E-state index in [4.69, 9.17) is 0 Å². The summed E-state index contributed by atoms with van der Waals surface area (Å²) in [6.07, 6.45) is 16.3. The molecule has 0 aliphatic heterocycles. The molecule has 0 aromatic heterocycles. The Balaban J connectivity index is 0.000000659. The van der Waals surface area contributed by atoms with Crippen LogP contribution in [0.15, 0.2) is 47.6 Å². The van der Waals surface area contributed by atoms with Crippen LogP contribution in [0.4, 0.5) is 0 Å². The molecular weight excluding hydrogens is 216 g/mol. The average molecular weight is 246 g/mol. The molecule has 18 heavy (non-hydrogen) atoms. The van der Waals surface area contributed by atoms with Crippen LogP contribution >= 0.6 is 0 Å². The van der Waals surface area contributed by atoms with Crippen molar-refractivity contribution in [1.82, 2.24) is 0 Å². The molecule has 0 heteroatoms. The van der Waals surface area contributed by atoms with E-state index in [1.807, 2.05) is 27.7 Å². The van der Waals surface area contributed by atoms with Gasteiger partial charge in [-0.15, -0.1) is 0 Å². The summed E-state index contributed by atoms with van der Waals surface area (Å²) in [7, 11) is 0. The summed E-state index contributed by atoms with van der Waals surface area (Å²) in [4.78, 5) is 0. The molecule has 0 amide bonds. The van der Waals surface area contributed by atoms with E-state index in [2.05, 4.69) is 50.3 Å². The Morgan fingerprint density at radius 2 is 1.72 bits per heavy atom. The lowest BCUT2D eigenvalue weighted by Gasteiger charge is -2.06. The molecular formula is C18H30. The van der Waals surface area contributed by atoms with Crippen LogP contribution in [0, 0.1) is 11.8 Å². The van der Waals surface area contributed by atoms with Gasteiger partial charge in [-0.25, -0.2) is 0 Å². The summed E-state index contributed by atoms with van der Waals surface area (Å²) < 4.78 is 0. The van der Waals surface area contributed by atoms with Gasteiger partial charge in [0.05, 0.1) is 0 Å². The van der Waals surface area contributed by atoms with Gasteiger partial charge in [0.25, 0.3) is 0 Å². The van der Waals surface area contributed by atoms with Gasteiger partial charge in [-0.2, -0.15) is 0 Å². The third-order valence-electron chi connectivity index (χ3n) is 2.89. The van der Waals surface area contributed by atoms with E-state index < -0.39 is 0 Å². The first-order valence-electron chi connectivity index (χ1n) is 7.53. The molecule has 0 saturated heterocycles. The normalized spacial score (nSPS) is 20.5. The molecule has 0 N–H and O–H groups in total. The standard InChI is InChI=1S/C14H18.2C2H6/c1-11(2)14-8-7-12-5-3-4-6-13(9-12)10-14;2*1-2/h3,5,7-12H,4,6H2,1-2H3;2*1-2H3. The third-order valence-corrected chi connectivity index (χ3v) is 2.89. The van der Waals surface area contributed by atoms with Gasteiger partial charge in [-0.05, 0) is 24.3 Å². The number of hydrogen-bond acceptors (Lipinski definition) is 0. The molecule has 1 atom stereocenters. The van der Waals surface area contributed by atoms with Crippen molar-refractivity contribution in [3.05, 3.63) is 47.6 Å². The molecule has 102 valence electrons. The van der Waals surface area contributed by atoms with Gasteiger partial charge < -0.3 is 0 Å². The first kappa shape index (κ1) is 17.0. The van der Waals surface area contributed by atoms with Crippen LogP contribution < -0.4 is 0 Å². The largest absolute Gasteiger partial charge is 0.0873 e. The Bertz CT molecular complexity index is 324. The van der Waals surface area contributed by atoms with Crippen molar-refractivity contribution in [1.29, 1.82) is 0 Å². The summed E-state index contributed by atoms with van der Waals surface area (Å²) in [5, 5.41) is 0. The number of fused-ring (bicyclic) bond motifs is 1. The van der Waals surface area contributed by atoms with Crippen LogP contribution in [0.25, 0.3) is 0 Å². The Kier molecular flexibility index (Phi) is 9.36. The summed E-state index contributed by atoms with van der Waals surface area (Å²) in [6, 6.07) is 0. The highest BCUT2D eigenvalue weighted by Crippen LogP contribution is 2.26. The maximum atomic E-state index is 2.38. The molecule has 0 nitrogen and oxygen atoms in total. The first-order valence-corrected chi connectivity index (χ1v) is 7.53. The average Bonchev–Trinajstić information content (AvgIpc) is 2.76. The molecule has 2 aliphatic carbocycles. The van der Waals surface area contributed by atoms with E-state index in [0.717, 1.165) is 0 Å². The molecule has 2 bridgehead atoms. The monoisotopic (exact) mass is 246 g/mol. The molecule has 2 rings (SSSR count). The van der Waals surface area contributed by atoms with Gasteiger partial charge in [0.1, 0.15) is 0 Å². The topological polar surface area (TPSA) is 0 Å². The van der Waals surface area contributed by atoms with Crippen molar-refractivity contribution in [2.75, 3.05) is 0 Å². The third kappa shape index (κ3) is 5.53. The molecule has 0 saturated carbocycles. The fourth-order valence-corrected chi connectivity index (χ4v) is 1.97. The van der Waals surface area contributed by atoms with Crippen LogP contribution in [0.2, 0.25) is 0 Å². The molecule has 2 aliphatic rings. The van der Waals surface area contributed by atoms with E-state index >= 15 is 0 Å². The Morgan fingerprint density at radius 3 is 2.33 bits per heavy atom. The smallest absolute Gasteiger partial charge is 0.0136 e. The van der Waals surface area contributed by atoms with E-state index in [0.29, 0.717) is 11.8 Å². The quantitative estimate of drug-likeness (QED) is 0.492. The van der Waals surface area contributed by atoms with Crippen molar-refractivity contribution in [3.8, 4) is 0 Å². The maximum Gasteiger partial charge on any atom is 0.0136 e.